The molecule has 27 heavy (non-hydrogen) atoms. The van der Waals surface area contributed by atoms with E-state index in [-0.39, 0.29) is 23.1 Å². The van der Waals surface area contributed by atoms with E-state index in [9.17, 15) is 27.8 Å². The van der Waals surface area contributed by atoms with Crippen molar-refractivity contribution in [1.29, 1.82) is 0 Å². The zero-order valence-corrected chi connectivity index (χ0v) is 14.3. The average Bonchev–Trinajstić information content (AvgIpc) is 2.63. The number of aromatic hydroxyl groups is 2. The Morgan fingerprint density at radius 1 is 0.704 bits per heavy atom. The predicted molar refractivity (Wildman–Crippen MR) is 92.7 cm³/mol. The molecule has 0 unspecified atom stereocenters. The molecule has 0 spiro atoms. The third-order valence-electron chi connectivity index (χ3n) is 4.80. The largest absolute Gasteiger partial charge is 0.505 e. The first-order valence-corrected chi connectivity index (χ1v) is 8.23. The summed E-state index contributed by atoms with van der Waals surface area (Å²) in [5.74, 6) is -4.67. The molecule has 6 heteroatoms. The van der Waals surface area contributed by atoms with E-state index in [4.69, 9.17) is 0 Å². The monoisotopic (exact) mass is 376 g/mol. The van der Waals surface area contributed by atoms with Crippen molar-refractivity contribution in [3.63, 3.8) is 0 Å². The fraction of sp³-hybridized carbons (Fsp3) is 0.143. The fourth-order valence-corrected chi connectivity index (χ4v) is 3.46. The van der Waals surface area contributed by atoms with Crippen molar-refractivity contribution < 1.29 is 27.8 Å². The van der Waals surface area contributed by atoms with Crippen LogP contribution in [0.3, 0.4) is 0 Å². The standard InChI is InChI=1S/C21H16F4O2/c1-2-21(12-3-7-19(26)17(24)9-12,13-4-8-20(27)18(25)10-13)15-6-5-14(22)11-16(15)23/h3-11,26-27H,2H2,1H3. The molecule has 3 aromatic rings. The van der Waals surface area contributed by atoms with Gasteiger partial charge in [0.2, 0.25) is 0 Å². The SMILES string of the molecule is CCC(c1ccc(O)c(F)c1)(c1ccc(O)c(F)c1)c1ccc(F)cc1F. The van der Waals surface area contributed by atoms with Crippen LogP contribution < -0.4 is 0 Å². The number of phenols is 2. The summed E-state index contributed by atoms with van der Waals surface area (Å²) in [4.78, 5) is 0. The van der Waals surface area contributed by atoms with Gasteiger partial charge in [-0.3, -0.25) is 0 Å². The van der Waals surface area contributed by atoms with E-state index in [0.29, 0.717) is 6.07 Å². The van der Waals surface area contributed by atoms with Crippen molar-refractivity contribution in [3.8, 4) is 11.5 Å². The lowest BCUT2D eigenvalue weighted by atomic mass is 9.67. The smallest absolute Gasteiger partial charge is 0.165 e. The van der Waals surface area contributed by atoms with Gasteiger partial charge in [-0.25, -0.2) is 17.6 Å². The van der Waals surface area contributed by atoms with Gasteiger partial charge in [-0.05, 0) is 47.9 Å². The number of benzene rings is 3. The molecule has 0 bridgehead atoms. The number of halogens is 4. The normalized spacial score (nSPS) is 11.6. The molecule has 0 saturated heterocycles. The Kier molecular flexibility index (Phi) is 4.83. The van der Waals surface area contributed by atoms with Gasteiger partial charge in [0.25, 0.3) is 0 Å². The lowest BCUT2D eigenvalue weighted by Gasteiger charge is -2.35. The molecule has 2 nitrogen and oxygen atoms in total. The number of phenolic OH excluding ortho intramolecular Hbond substituents is 2. The van der Waals surface area contributed by atoms with Gasteiger partial charge in [0.15, 0.2) is 23.1 Å². The molecule has 0 amide bonds. The Bertz CT molecular complexity index is 950. The summed E-state index contributed by atoms with van der Waals surface area (Å²) >= 11 is 0. The Morgan fingerprint density at radius 2 is 1.22 bits per heavy atom. The molecule has 0 aromatic heterocycles. The Balaban J connectivity index is 2.39. The summed E-state index contributed by atoms with van der Waals surface area (Å²) in [6.07, 6.45) is 0.171. The van der Waals surface area contributed by atoms with Gasteiger partial charge < -0.3 is 10.2 Å². The highest BCUT2D eigenvalue weighted by Gasteiger charge is 2.38. The van der Waals surface area contributed by atoms with Crippen LogP contribution in [0.5, 0.6) is 11.5 Å². The van der Waals surface area contributed by atoms with Crippen molar-refractivity contribution >= 4 is 0 Å². The van der Waals surface area contributed by atoms with Gasteiger partial charge >= 0.3 is 0 Å². The Hall–Kier alpha value is -3.02. The molecule has 0 saturated carbocycles. The zero-order valence-electron chi connectivity index (χ0n) is 14.3. The Labute approximate surface area is 153 Å². The van der Waals surface area contributed by atoms with Crippen molar-refractivity contribution in [2.24, 2.45) is 0 Å². The van der Waals surface area contributed by atoms with Crippen LogP contribution in [0.4, 0.5) is 17.6 Å². The van der Waals surface area contributed by atoms with Gasteiger partial charge in [-0.2, -0.15) is 0 Å². The average molecular weight is 376 g/mol. The van der Waals surface area contributed by atoms with Crippen LogP contribution in [0.15, 0.2) is 54.6 Å². The van der Waals surface area contributed by atoms with Gasteiger partial charge in [-0.15, -0.1) is 0 Å². The van der Waals surface area contributed by atoms with Crippen molar-refractivity contribution in [3.05, 3.63) is 94.6 Å². The fourth-order valence-electron chi connectivity index (χ4n) is 3.46. The lowest BCUT2D eigenvalue weighted by molar-refractivity contribution is 0.426. The van der Waals surface area contributed by atoms with Crippen molar-refractivity contribution in [2.75, 3.05) is 0 Å². The van der Waals surface area contributed by atoms with E-state index in [1.54, 1.807) is 6.92 Å². The molecule has 140 valence electrons. The zero-order chi connectivity index (χ0) is 19.8. The molecular weight excluding hydrogens is 360 g/mol. The lowest BCUT2D eigenvalue weighted by Crippen LogP contribution is -2.30. The molecule has 2 N–H and O–H groups in total. The van der Waals surface area contributed by atoms with Crippen molar-refractivity contribution in [2.45, 2.75) is 18.8 Å². The molecule has 0 fully saturated rings. The van der Waals surface area contributed by atoms with Gasteiger partial charge in [0.1, 0.15) is 11.6 Å². The van der Waals surface area contributed by atoms with Gasteiger partial charge in [-0.1, -0.05) is 25.1 Å². The second kappa shape index (κ2) is 6.95. The Morgan fingerprint density at radius 3 is 1.63 bits per heavy atom. The maximum atomic E-state index is 14.7. The van der Waals surface area contributed by atoms with E-state index >= 15 is 0 Å². The highest BCUT2D eigenvalue weighted by molar-refractivity contribution is 5.52. The number of rotatable bonds is 4. The first-order valence-electron chi connectivity index (χ1n) is 8.23. The van der Waals surface area contributed by atoms with E-state index < -0.39 is 40.2 Å². The minimum absolute atomic E-state index is 0.0154. The van der Waals surface area contributed by atoms with E-state index in [1.807, 2.05) is 0 Å². The third-order valence-corrected chi connectivity index (χ3v) is 4.80. The van der Waals surface area contributed by atoms with E-state index in [0.717, 1.165) is 30.3 Å². The molecule has 0 aliphatic rings. The first kappa shape index (κ1) is 18.8. The molecule has 0 heterocycles. The van der Waals surface area contributed by atoms with E-state index in [1.165, 1.54) is 18.2 Å². The quantitative estimate of drug-likeness (QED) is 0.473. The van der Waals surface area contributed by atoms with Gasteiger partial charge in [0, 0.05) is 17.0 Å². The topological polar surface area (TPSA) is 40.5 Å². The van der Waals surface area contributed by atoms with Crippen LogP contribution in [-0.4, -0.2) is 10.2 Å². The van der Waals surface area contributed by atoms with Crippen LogP contribution >= 0.6 is 0 Å². The van der Waals surface area contributed by atoms with Crippen LogP contribution in [0.1, 0.15) is 30.0 Å². The summed E-state index contributed by atoms with van der Waals surface area (Å²) in [5, 5.41) is 19.0. The second-order valence-corrected chi connectivity index (χ2v) is 6.22. The maximum Gasteiger partial charge on any atom is 0.165 e. The first-order chi connectivity index (χ1) is 12.8. The summed E-state index contributed by atoms with van der Waals surface area (Å²) in [6, 6.07) is 10.1. The van der Waals surface area contributed by atoms with Crippen LogP contribution in [0.25, 0.3) is 0 Å². The second-order valence-electron chi connectivity index (χ2n) is 6.22. The van der Waals surface area contributed by atoms with Crippen LogP contribution in [0.2, 0.25) is 0 Å². The molecular formula is C21H16F4O2. The van der Waals surface area contributed by atoms with Crippen LogP contribution in [0, 0.1) is 23.3 Å². The molecule has 3 aromatic carbocycles. The summed E-state index contributed by atoms with van der Waals surface area (Å²) in [5.41, 5.74) is -0.866. The third kappa shape index (κ3) is 3.12. The molecule has 0 aliphatic heterocycles. The van der Waals surface area contributed by atoms with Gasteiger partial charge in [0.05, 0.1) is 0 Å². The molecule has 0 atom stereocenters. The summed E-state index contributed by atoms with van der Waals surface area (Å²) in [7, 11) is 0. The highest BCUT2D eigenvalue weighted by Crippen LogP contribution is 2.44. The highest BCUT2D eigenvalue weighted by atomic mass is 19.1. The van der Waals surface area contributed by atoms with Crippen LogP contribution in [-0.2, 0) is 5.41 Å². The molecule has 0 radical (unpaired) electrons. The minimum Gasteiger partial charge on any atom is -0.505 e. The minimum atomic E-state index is -1.37. The van der Waals surface area contributed by atoms with Crippen molar-refractivity contribution in [1.82, 2.24) is 0 Å². The van der Waals surface area contributed by atoms with E-state index in [2.05, 4.69) is 0 Å². The number of hydrogen-bond acceptors (Lipinski definition) is 2. The molecule has 0 aliphatic carbocycles. The summed E-state index contributed by atoms with van der Waals surface area (Å²) < 4.78 is 56.3. The summed E-state index contributed by atoms with van der Waals surface area (Å²) in [6.45, 7) is 1.69. The molecule has 3 rings (SSSR count). The predicted octanol–water partition coefficient (Wildman–Crippen LogP) is 5.40. The maximum absolute atomic E-state index is 14.7. The number of hydrogen-bond donors (Lipinski definition) is 2.